The van der Waals surface area contributed by atoms with Gasteiger partial charge in [-0.1, -0.05) is 18.2 Å². The number of nitrogens with zero attached hydrogens (tertiary/aromatic N) is 3. The van der Waals surface area contributed by atoms with Crippen molar-refractivity contribution in [2.24, 2.45) is 0 Å². The summed E-state index contributed by atoms with van der Waals surface area (Å²) in [6, 6.07) is 13.7. The third-order valence-corrected chi connectivity index (χ3v) is 8.01. The molecular formula is C27H33FN3NaO6S. The van der Waals surface area contributed by atoms with Gasteiger partial charge in [0.2, 0.25) is 10.0 Å². The average Bonchev–Trinajstić information content (AvgIpc) is 3.21. The van der Waals surface area contributed by atoms with Crippen LogP contribution in [0.15, 0.2) is 59.5 Å². The van der Waals surface area contributed by atoms with Gasteiger partial charge in [-0.2, -0.15) is 4.31 Å². The summed E-state index contributed by atoms with van der Waals surface area (Å²) in [4.78, 5) is 15.7. The third kappa shape index (κ3) is 8.68. The molecular weight excluding hydrogens is 536 g/mol. The maximum Gasteiger partial charge on any atom is 1.00 e. The molecule has 39 heavy (non-hydrogen) atoms. The van der Waals surface area contributed by atoms with Gasteiger partial charge in [-0.3, -0.25) is 0 Å². The van der Waals surface area contributed by atoms with Crippen LogP contribution in [0.3, 0.4) is 0 Å². The minimum absolute atomic E-state index is 0. The molecule has 206 valence electrons. The van der Waals surface area contributed by atoms with Gasteiger partial charge in [0.05, 0.1) is 29.3 Å². The van der Waals surface area contributed by atoms with Gasteiger partial charge in [-0.15, -0.1) is 0 Å². The number of carboxylic acids is 1. The number of imidazole rings is 1. The van der Waals surface area contributed by atoms with Crippen LogP contribution < -0.4 is 34.7 Å². The molecule has 0 aliphatic rings. The van der Waals surface area contributed by atoms with Crippen molar-refractivity contribution in [1.29, 1.82) is 0 Å². The Hall–Kier alpha value is -2.12. The minimum Gasteiger partial charge on any atom is -0.550 e. The van der Waals surface area contributed by atoms with Gasteiger partial charge >= 0.3 is 29.6 Å². The Morgan fingerprint density at radius 3 is 2.26 bits per heavy atom. The molecule has 0 saturated carbocycles. The van der Waals surface area contributed by atoms with E-state index in [1.165, 1.54) is 35.6 Å². The number of aromatic nitrogens is 2. The summed E-state index contributed by atoms with van der Waals surface area (Å²) < 4.78 is 43.1. The average molecular weight is 570 g/mol. The van der Waals surface area contributed by atoms with Crippen molar-refractivity contribution >= 4 is 16.0 Å². The number of sulfonamides is 1. The molecule has 0 bridgehead atoms. The van der Waals surface area contributed by atoms with E-state index >= 15 is 0 Å². The van der Waals surface area contributed by atoms with Crippen molar-refractivity contribution in [3.63, 3.8) is 0 Å². The maximum atomic E-state index is 13.6. The van der Waals surface area contributed by atoms with Crippen LogP contribution in [0.2, 0.25) is 0 Å². The van der Waals surface area contributed by atoms with Gasteiger partial charge in [0.1, 0.15) is 11.6 Å². The van der Waals surface area contributed by atoms with Gasteiger partial charge in [0, 0.05) is 36.7 Å². The topological polar surface area (TPSA) is 136 Å². The molecule has 12 heteroatoms. The number of carbonyl (C=O) groups excluding carboxylic acids is 1. The van der Waals surface area contributed by atoms with E-state index in [2.05, 4.69) is 0 Å². The number of hydrogen-bond donors (Lipinski definition) is 2. The first kappa shape index (κ1) is 33.1. The minimum atomic E-state index is -3.79. The molecule has 3 aromatic rings. The first-order valence-electron chi connectivity index (χ1n) is 12.3. The molecule has 2 N–H and O–H groups in total. The summed E-state index contributed by atoms with van der Waals surface area (Å²) in [6.07, 6.45) is -2.46. The Bertz CT molecular complexity index is 1330. The molecule has 0 spiro atoms. The first-order chi connectivity index (χ1) is 17.9. The number of benzene rings is 2. The van der Waals surface area contributed by atoms with Crippen molar-refractivity contribution in [3.8, 4) is 11.3 Å². The molecule has 2 aromatic carbocycles. The number of carbonyl (C=O) groups is 1. The largest absolute Gasteiger partial charge is 1.00 e. The van der Waals surface area contributed by atoms with E-state index in [0.29, 0.717) is 29.2 Å². The van der Waals surface area contributed by atoms with Crippen LogP contribution in [-0.4, -0.2) is 57.7 Å². The van der Waals surface area contributed by atoms with Crippen LogP contribution >= 0.6 is 0 Å². The SMILES string of the molecule is CC(C)n1c(CN(C)S(=O)(=O)c2ccccc2)nc(-c2ccc(F)cc2)c1CC[C@@H](O)C[C@@H](O)CC(=O)[O-].[Na+]. The van der Waals surface area contributed by atoms with Crippen molar-refractivity contribution in [2.75, 3.05) is 7.05 Å². The molecule has 0 radical (unpaired) electrons. The summed E-state index contributed by atoms with van der Waals surface area (Å²) >= 11 is 0. The van der Waals surface area contributed by atoms with Gasteiger partial charge < -0.3 is 24.7 Å². The van der Waals surface area contributed by atoms with Gasteiger partial charge in [0.25, 0.3) is 0 Å². The molecule has 0 saturated heterocycles. The summed E-state index contributed by atoms with van der Waals surface area (Å²) in [5, 5.41) is 31.1. The fourth-order valence-electron chi connectivity index (χ4n) is 4.38. The Morgan fingerprint density at radius 1 is 1.08 bits per heavy atom. The van der Waals surface area contributed by atoms with Crippen molar-refractivity contribution < 1.29 is 62.5 Å². The predicted molar refractivity (Wildman–Crippen MR) is 138 cm³/mol. The number of halogens is 1. The second-order valence-electron chi connectivity index (χ2n) is 9.53. The fraction of sp³-hybridized carbons (Fsp3) is 0.407. The second-order valence-corrected chi connectivity index (χ2v) is 11.6. The Labute approximate surface area is 250 Å². The van der Waals surface area contributed by atoms with E-state index in [-0.39, 0.29) is 59.9 Å². The van der Waals surface area contributed by atoms with Gasteiger partial charge in [-0.05, 0) is 69.5 Å². The monoisotopic (exact) mass is 569 g/mol. The summed E-state index contributed by atoms with van der Waals surface area (Å²) in [5.41, 5.74) is 1.87. The molecule has 0 aliphatic carbocycles. The van der Waals surface area contributed by atoms with Crippen LogP contribution in [0.1, 0.15) is 50.7 Å². The smallest absolute Gasteiger partial charge is 0.550 e. The van der Waals surface area contributed by atoms with Crippen LogP contribution in [-0.2, 0) is 27.8 Å². The zero-order chi connectivity index (χ0) is 28.0. The number of carboxylic acid groups (broad SMARTS) is 1. The first-order valence-corrected chi connectivity index (χ1v) is 13.8. The number of hydrogen-bond acceptors (Lipinski definition) is 7. The quantitative estimate of drug-likeness (QED) is 0.259. The van der Waals surface area contributed by atoms with E-state index in [4.69, 9.17) is 4.98 Å². The van der Waals surface area contributed by atoms with Crippen molar-refractivity contribution in [1.82, 2.24) is 13.9 Å². The molecule has 9 nitrogen and oxygen atoms in total. The summed E-state index contributed by atoms with van der Waals surface area (Å²) in [5.74, 6) is -1.34. The zero-order valence-electron chi connectivity index (χ0n) is 22.6. The van der Waals surface area contributed by atoms with Crippen molar-refractivity contribution in [3.05, 3.63) is 71.9 Å². The van der Waals surface area contributed by atoms with Crippen LogP contribution in [0.25, 0.3) is 11.3 Å². The third-order valence-electron chi connectivity index (χ3n) is 6.19. The summed E-state index contributed by atoms with van der Waals surface area (Å²) in [7, 11) is -2.32. The van der Waals surface area contributed by atoms with E-state index in [9.17, 15) is 32.9 Å². The number of aliphatic carboxylic acids is 1. The van der Waals surface area contributed by atoms with E-state index in [1.807, 2.05) is 18.4 Å². The molecule has 0 fully saturated rings. The fourth-order valence-corrected chi connectivity index (χ4v) is 5.53. The van der Waals surface area contributed by atoms with Crippen molar-refractivity contribution in [2.45, 2.75) is 69.2 Å². The normalized spacial score (nSPS) is 13.3. The molecule has 0 amide bonds. The van der Waals surface area contributed by atoms with Gasteiger partial charge in [0.15, 0.2) is 0 Å². The molecule has 3 rings (SSSR count). The Morgan fingerprint density at radius 2 is 1.69 bits per heavy atom. The number of aliphatic hydroxyl groups is 2. The second kappa shape index (κ2) is 14.5. The Balaban J connectivity index is 0.00000533. The van der Waals surface area contributed by atoms with Gasteiger partial charge in [-0.25, -0.2) is 17.8 Å². The Kier molecular flexibility index (Phi) is 12.3. The molecule has 0 aliphatic heterocycles. The van der Waals surface area contributed by atoms with Crippen LogP contribution in [0, 0.1) is 5.82 Å². The number of rotatable bonds is 13. The molecule has 0 unspecified atom stereocenters. The zero-order valence-corrected chi connectivity index (χ0v) is 25.4. The number of aliphatic hydroxyl groups excluding tert-OH is 2. The molecule has 1 aromatic heterocycles. The van der Waals surface area contributed by atoms with E-state index in [1.54, 1.807) is 30.3 Å². The standard InChI is InChI=1S/C27H34FN3O6S.Na/c1-18(2)31-24(14-13-21(32)15-22(33)16-26(34)35)27(19-9-11-20(28)12-10-19)29-25(31)17-30(3)38(36,37)23-7-5-4-6-8-23;/h4-12,18,21-22,32-33H,13-17H2,1-3H3,(H,34,35);/q;+1/p-1/t21-,22-;/m1./s1. The van der Waals surface area contributed by atoms with Crippen LogP contribution in [0.5, 0.6) is 0 Å². The van der Waals surface area contributed by atoms with Crippen LogP contribution in [0.4, 0.5) is 4.39 Å². The predicted octanol–water partition coefficient (Wildman–Crippen LogP) is -0.721. The van der Waals surface area contributed by atoms with E-state index in [0.717, 1.165) is 0 Å². The molecule has 1 heterocycles. The molecule has 2 atom stereocenters. The maximum absolute atomic E-state index is 13.6. The van der Waals surface area contributed by atoms with E-state index < -0.39 is 40.4 Å². The summed E-state index contributed by atoms with van der Waals surface area (Å²) in [6.45, 7) is 3.82.